The molecule has 3 aromatic carbocycles. The first-order valence-corrected chi connectivity index (χ1v) is 10.1. The van der Waals surface area contributed by atoms with Crippen LogP contribution >= 0.6 is 0 Å². The number of Topliss-reactive ketones (excluding diaryl/α,β-unsaturated/α-hetero) is 1. The van der Waals surface area contributed by atoms with E-state index in [1.54, 1.807) is 38.4 Å². The molecule has 1 aliphatic rings. The van der Waals surface area contributed by atoms with Gasteiger partial charge in [-0.3, -0.25) is 14.4 Å². The summed E-state index contributed by atoms with van der Waals surface area (Å²) in [6, 6.07) is 21.4. The first-order chi connectivity index (χ1) is 15.5. The molecule has 0 bridgehead atoms. The molecule has 0 spiro atoms. The van der Waals surface area contributed by atoms with Gasteiger partial charge in [-0.05, 0) is 47.5 Å². The molecule has 4 rings (SSSR count). The Labute approximate surface area is 186 Å². The second-order valence-corrected chi connectivity index (χ2v) is 7.42. The molecule has 0 atom stereocenters. The minimum Gasteiger partial charge on any atom is -0.497 e. The Morgan fingerprint density at radius 3 is 2.41 bits per heavy atom. The summed E-state index contributed by atoms with van der Waals surface area (Å²) in [4.78, 5) is 40.1. The van der Waals surface area contributed by atoms with Crippen molar-refractivity contribution in [3.05, 3.63) is 101 Å². The van der Waals surface area contributed by atoms with Crippen molar-refractivity contribution in [1.82, 2.24) is 5.32 Å². The molecular weight excluding hydrogens is 404 g/mol. The van der Waals surface area contributed by atoms with E-state index in [0.29, 0.717) is 23.4 Å². The Morgan fingerprint density at radius 2 is 1.72 bits per heavy atom. The maximum Gasteiger partial charge on any atom is 0.262 e. The third-order valence-electron chi connectivity index (χ3n) is 5.37. The zero-order valence-corrected chi connectivity index (χ0v) is 17.8. The van der Waals surface area contributed by atoms with Crippen molar-refractivity contribution in [1.29, 1.82) is 0 Å². The van der Waals surface area contributed by atoms with Crippen LogP contribution in [-0.4, -0.2) is 31.8 Å². The van der Waals surface area contributed by atoms with Gasteiger partial charge in [-0.25, -0.2) is 0 Å². The van der Waals surface area contributed by atoms with E-state index in [-0.39, 0.29) is 17.4 Å². The molecule has 2 amide bonds. The standard InChI is InChI=1S/C26H22N2O4/c1-28-23-13-10-19(25(30)27-16-18-8-11-20(32-2)12-9-18)15-21(23)24(29)22(26(28)31)14-17-6-4-3-5-7-17/h3-15H,16H2,1-2H3,(H,27,30)/b22-14-. The number of amides is 2. The van der Waals surface area contributed by atoms with Crippen molar-refractivity contribution in [2.45, 2.75) is 6.54 Å². The normalized spacial score (nSPS) is 14.3. The molecule has 0 unspecified atom stereocenters. The molecule has 6 heteroatoms. The Morgan fingerprint density at radius 1 is 1.00 bits per heavy atom. The number of anilines is 1. The lowest BCUT2D eigenvalue weighted by Gasteiger charge is -2.27. The predicted molar refractivity (Wildman–Crippen MR) is 123 cm³/mol. The first-order valence-electron chi connectivity index (χ1n) is 10.1. The van der Waals surface area contributed by atoms with E-state index in [1.807, 2.05) is 54.6 Å². The van der Waals surface area contributed by atoms with Gasteiger partial charge >= 0.3 is 0 Å². The van der Waals surface area contributed by atoms with Crippen LogP contribution in [0.3, 0.4) is 0 Å². The molecule has 3 aromatic rings. The van der Waals surface area contributed by atoms with Crippen LogP contribution in [0.25, 0.3) is 6.08 Å². The number of ether oxygens (including phenoxy) is 1. The molecule has 1 aliphatic heterocycles. The lowest BCUT2D eigenvalue weighted by atomic mass is 9.92. The van der Waals surface area contributed by atoms with Gasteiger partial charge in [-0.2, -0.15) is 0 Å². The van der Waals surface area contributed by atoms with Crippen molar-refractivity contribution in [2.24, 2.45) is 0 Å². The molecule has 0 aliphatic carbocycles. The Bertz CT molecular complexity index is 1210. The van der Waals surface area contributed by atoms with Gasteiger partial charge < -0.3 is 15.0 Å². The topological polar surface area (TPSA) is 75.7 Å². The molecular formula is C26H22N2O4. The maximum absolute atomic E-state index is 13.1. The average molecular weight is 426 g/mol. The number of ketones is 1. The van der Waals surface area contributed by atoms with Crippen LogP contribution in [0.1, 0.15) is 31.8 Å². The fraction of sp³-hybridized carbons (Fsp3) is 0.115. The molecule has 1 N–H and O–H groups in total. The van der Waals surface area contributed by atoms with Crippen molar-refractivity contribution in [3.63, 3.8) is 0 Å². The van der Waals surface area contributed by atoms with Crippen LogP contribution < -0.4 is 15.0 Å². The van der Waals surface area contributed by atoms with Gasteiger partial charge in [0.05, 0.1) is 18.4 Å². The van der Waals surface area contributed by atoms with Crippen molar-refractivity contribution >= 4 is 29.4 Å². The molecule has 160 valence electrons. The van der Waals surface area contributed by atoms with Crippen LogP contribution in [0.4, 0.5) is 5.69 Å². The van der Waals surface area contributed by atoms with E-state index in [9.17, 15) is 14.4 Å². The van der Waals surface area contributed by atoms with Gasteiger partial charge in [0.1, 0.15) is 5.75 Å². The van der Waals surface area contributed by atoms with Crippen LogP contribution in [0.5, 0.6) is 5.75 Å². The summed E-state index contributed by atoms with van der Waals surface area (Å²) >= 11 is 0. The number of fused-ring (bicyclic) bond motifs is 1. The van der Waals surface area contributed by atoms with E-state index < -0.39 is 5.78 Å². The number of benzene rings is 3. The Hall–Kier alpha value is -4.19. The highest BCUT2D eigenvalue weighted by Crippen LogP contribution is 2.31. The third-order valence-corrected chi connectivity index (χ3v) is 5.37. The Kier molecular flexibility index (Phi) is 5.85. The number of methoxy groups -OCH3 is 1. The SMILES string of the molecule is COc1ccc(CNC(=O)c2ccc3c(c2)C(=O)/C(=C/c2ccccc2)C(=O)N3C)cc1. The third kappa shape index (κ3) is 4.16. The maximum atomic E-state index is 13.1. The van der Waals surface area contributed by atoms with Gasteiger partial charge in [0.25, 0.3) is 11.8 Å². The highest BCUT2D eigenvalue weighted by Gasteiger charge is 2.33. The fourth-order valence-electron chi connectivity index (χ4n) is 3.55. The first kappa shape index (κ1) is 21.1. The lowest BCUT2D eigenvalue weighted by Crippen LogP contribution is -2.37. The summed E-state index contributed by atoms with van der Waals surface area (Å²) in [5.74, 6) is -0.323. The number of nitrogens with one attached hydrogen (secondary N) is 1. The summed E-state index contributed by atoms with van der Waals surface area (Å²) in [6.45, 7) is 0.339. The number of likely N-dealkylation sites (N-methyl/N-ethyl adjacent to an activating group) is 1. The van der Waals surface area contributed by atoms with Gasteiger partial charge in [0.15, 0.2) is 0 Å². The highest BCUT2D eigenvalue weighted by molar-refractivity contribution is 6.36. The molecule has 0 radical (unpaired) electrons. The number of rotatable bonds is 5. The van der Waals surface area contributed by atoms with Crippen molar-refractivity contribution in [2.75, 3.05) is 19.1 Å². The second kappa shape index (κ2) is 8.89. The largest absolute Gasteiger partial charge is 0.497 e. The molecule has 6 nitrogen and oxygen atoms in total. The zero-order valence-electron chi connectivity index (χ0n) is 17.8. The van der Waals surface area contributed by atoms with Gasteiger partial charge in [-0.15, -0.1) is 0 Å². The molecule has 0 saturated carbocycles. The molecule has 32 heavy (non-hydrogen) atoms. The summed E-state index contributed by atoms with van der Waals surface area (Å²) in [6.07, 6.45) is 1.58. The van der Waals surface area contributed by atoms with Crippen molar-refractivity contribution in [3.8, 4) is 5.75 Å². The van der Waals surface area contributed by atoms with Crippen LogP contribution in [0, 0.1) is 0 Å². The number of carbonyl (C=O) groups is 3. The number of hydrogen-bond donors (Lipinski definition) is 1. The molecule has 0 fully saturated rings. The predicted octanol–water partition coefficient (Wildman–Crippen LogP) is 3.87. The molecule has 0 aromatic heterocycles. The van der Waals surface area contributed by atoms with E-state index in [2.05, 4.69) is 5.32 Å². The highest BCUT2D eigenvalue weighted by atomic mass is 16.5. The fourth-order valence-corrected chi connectivity index (χ4v) is 3.55. The summed E-state index contributed by atoms with van der Waals surface area (Å²) in [5.41, 5.74) is 2.92. The summed E-state index contributed by atoms with van der Waals surface area (Å²) in [7, 11) is 3.22. The zero-order chi connectivity index (χ0) is 22.7. The molecule has 0 saturated heterocycles. The summed E-state index contributed by atoms with van der Waals surface area (Å²) < 4.78 is 5.14. The summed E-state index contributed by atoms with van der Waals surface area (Å²) in [5, 5.41) is 2.86. The molecule has 1 heterocycles. The van der Waals surface area contributed by atoms with E-state index in [0.717, 1.165) is 16.9 Å². The Balaban J connectivity index is 1.58. The van der Waals surface area contributed by atoms with E-state index in [1.165, 1.54) is 4.90 Å². The van der Waals surface area contributed by atoms with Crippen LogP contribution in [0.15, 0.2) is 78.4 Å². The monoisotopic (exact) mass is 426 g/mol. The number of nitrogens with zero attached hydrogens (tertiary/aromatic N) is 1. The van der Waals surface area contributed by atoms with E-state index >= 15 is 0 Å². The average Bonchev–Trinajstić information content (AvgIpc) is 2.84. The van der Waals surface area contributed by atoms with Crippen molar-refractivity contribution < 1.29 is 19.1 Å². The van der Waals surface area contributed by atoms with Gasteiger partial charge in [0.2, 0.25) is 5.78 Å². The van der Waals surface area contributed by atoms with Gasteiger partial charge in [-0.1, -0.05) is 42.5 Å². The second-order valence-electron chi connectivity index (χ2n) is 7.42. The van der Waals surface area contributed by atoms with Gasteiger partial charge in [0, 0.05) is 24.7 Å². The number of hydrogen-bond acceptors (Lipinski definition) is 4. The van der Waals surface area contributed by atoms with Crippen LogP contribution in [0.2, 0.25) is 0 Å². The van der Waals surface area contributed by atoms with Crippen LogP contribution in [-0.2, 0) is 11.3 Å². The quantitative estimate of drug-likeness (QED) is 0.496. The van der Waals surface area contributed by atoms with E-state index in [4.69, 9.17) is 4.74 Å². The lowest BCUT2D eigenvalue weighted by molar-refractivity contribution is -0.114. The number of carbonyl (C=O) groups excluding carboxylic acids is 3. The minimum absolute atomic E-state index is 0.0713. The smallest absolute Gasteiger partial charge is 0.262 e. The minimum atomic E-state index is -0.392.